The molecule has 122 valence electrons. The van der Waals surface area contributed by atoms with Crippen LogP contribution in [0.2, 0.25) is 0 Å². The van der Waals surface area contributed by atoms with Crippen molar-refractivity contribution in [1.82, 2.24) is 4.90 Å². The second kappa shape index (κ2) is 9.08. The SMILES string of the molecule is CN(C)CCC(=O)c1cccc(OC(=O)c2ccccc2)c1.Cl. The second-order valence-electron chi connectivity index (χ2n) is 5.26. The van der Waals surface area contributed by atoms with Gasteiger partial charge in [-0.25, -0.2) is 4.79 Å². The highest BCUT2D eigenvalue weighted by Crippen LogP contribution is 2.16. The van der Waals surface area contributed by atoms with Crippen LogP contribution in [-0.4, -0.2) is 37.3 Å². The molecule has 0 amide bonds. The summed E-state index contributed by atoms with van der Waals surface area (Å²) in [5.41, 5.74) is 1.03. The molecule has 0 aliphatic heterocycles. The van der Waals surface area contributed by atoms with Gasteiger partial charge in [-0.1, -0.05) is 30.3 Å². The molecule has 0 saturated carbocycles. The lowest BCUT2D eigenvalue weighted by molar-refractivity contribution is 0.0733. The second-order valence-corrected chi connectivity index (χ2v) is 5.26. The van der Waals surface area contributed by atoms with E-state index >= 15 is 0 Å². The van der Waals surface area contributed by atoms with Crippen LogP contribution in [0.3, 0.4) is 0 Å². The van der Waals surface area contributed by atoms with Gasteiger partial charge in [-0.15, -0.1) is 12.4 Å². The van der Waals surface area contributed by atoms with Crippen molar-refractivity contribution < 1.29 is 14.3 Å². The molecule has 0 aromatic heterocycles. The van der Waals surface area contributed by atoms with Crippen LogP contribution in [0.5, 0.6) is 5.75 Å². The van der Waals surface area contributed by atoms with Gasteiger partial charge in [0.25, 0.3) is 0 Å². The van der Waals surface area contributed by atoms with Crippen LogP contribution in [0.25, 0.3) is 0 Å². The van der Waals surface area contributed by atoms with Gasteiger partial charge in [0.05, 0.1) is 5.56 Å². The van der Waals surface area contributed by atoms with Gasteiger partial charge in [-0.3, -0.25) is 4.79 Å². The summed E-state index contributed by atoms with van der Waals surface area (Å²) in [6.45, 7) is 0.687. The number of ketones is 1. The summed E-state index contributed by atoms with van der Waals surface area (Å²) in [7, 11) is 3.84. The Morgan fingerprint density at radius 2 is 1.61 bits per heavy atom. The topological polar surface area (TPSA) is 46.6 Å². The van der Waals surface area contributed by atoms with Gasteiger partial charge in [0.15, 0.2) is 5.78 Å². The zero-order valence-electron chi connectivity index (χ0n) is 13.2. The summed E-state index contributed by atoms with van der Waals surface area (Å²) in [6, 6.07) is 15.5. The van der Waals surface area contributed by atoms with Crippen molar-refractivity contribution in [2.75, 3.05) is 20.6 Å². The predicted molar refractivity (Wildman–Crippen MR) is 92.6 cm³/mol. The number of esters is 1. The maximum absolute atomic E-state index is 12.1. The van der Waals surface area contributed by atoms with E-state index in [1.54, 1.807) is 48.5 Å². The highest BCUT2D eigenvalue weighted by Gasteiger charge is 2.11. The zero-order valence-corrected chi connectivity index (χ0v) is 14.0. The van der Waals surface area contributed by atoms with Gasteiger partial charge in [0.1, 0.15) is 5.75 Å². The largest absolute Gasteiger partial charge is 0.423 e. The highest BCUT2D eigenvalue weighted by atomic mass is 35.5. The zero-order chi connectivity index (χ0) is 15.9. The van der Waals surface area contributed by atoms with E-state index in [1.807, 2.05) is 25.1 Å². The average Bonchev–Trinajstić information content (AvgIpc) is 2.53. The molecule has 5 heteroatoms. The van der Waals surface area contributed by atoms with E-state index in [0.29, 0.717) is 29.8 Å². The Bertz CT molecular complexity index is 656. The Morgan fingerprint density at radius 1 is 0.957 bits per heavy atom. The van der Waals surface area contributed by atoms with Crippen LogP contribution < -0.4 is 4.74 Å². The van der Waals surface area contributed by atoms with Gasteiger partial charge in [0, 0.05) is 18.5 Å². The van der Waals surface area contributed by atoms with Crippen molar-refractivity contribution in [2.45, 2.75) is 6.42 Å². The summed E-state index contributed by atoms with van der Waals surface area (Å²) in [5, 5.41) is 0. The summed E-state index contributed by atoms with van der Waals surface area (Å²) in [4.78, 5) is 26.0. The molecule has 4 nitrogen and oxygen atoms in total. The van der Waals surface area contributed by atoms with E-state index in [1.165, 1.54) is 0 Å². The number of hydrogen-bond acceptors (Lipinski definition) is 4. The number of carbonyl (C=O) groups is 2. The van der Waals surface area contributed by atoms with Gasteiger partial charge in [-0.05, 0) is 38.4 Å². The molecule has 2 rings (SSSR count). The first-order chi connectivity index (χ1) is 10.6. The number of Topliss-reactive ketones (excluding diaryl/α,β-unsaturated/α-hetero) is 1. The van der Waals surface area contributed by atoms with Gasteiger partial charge < -0.3 is 9.64 Å². The Hall–Kier alpha value is -2.17. The number of nitrogens with zero attached hydrogens (tertiary/aromatic N) is 1. The van der Waals surface area contributed by atoms with Gasteiger partial charge >= 0.3 is 5.97 Å². The third-order valence-electron chi connectivity index (χ3n) is 3.16. The maximum Gasteiger partial charge on any atom is 0.343 e. The summed E-state index contributed by atoms with van der Waals surface area (Å²) < 4.78 is 5.32. The van der Waals surface area contributed by atoms with E-state index in [0.717, 1.165) is 0 Å². The first-order valence-electron chi connectivity index (χ1n) is 7.11. The number of rotatable bonds is 6. The predicted octanol–water partition coefficient (Wildman–Crippen LogP) is 3.46. The molecule has 0 heterocycles. The molecule has 0 unspecified atom stereocenters. The fraction of sp³-hybridized carbons (Fsp3) is 0.222. The molecule has 0 spiro atoms. The van der Waals surface area contributed by atoms with Crippen LogP contribution >= 0.6 is 12.4 Å². The number of ether oxygens (including phenoxy) is 1. The van der Waals surface area contributed by atoms with Crippen molar-refractivity contribution in [3.05, 3.63) is 65.7 Å². The molecule has 23 heavy (non-hydrogen) atoms. The smallest absolute Gasteiger partial charge is 0.343 e. The number of carbonyl (C=O) groups excluding carboxylic acids is 2. The van der Waals surface area contributed by atoms with Crippen molar-refractivity contribution in [3.8, 4) is 5.75 Å². The first kappa shape index (κ1) is 18.9. The van der Waals surface area contributed by atoms with Crippen LogP contribution in [0.15, 0.2) is 54.6 Å². The van der Waals surface area contributed by atoms with Crippen molar-refractivity contribution in [1.29, 1.82) is 0 Å². The number of halogens is 1. The lowest BCUT2D eigenvalue weighted by Gasteiger charge is -2.09. The molecule has 0 radical (unpaired) electrons. The molecule has 0 N–H and O–H groups in total. The van der Waals surface area contributed by atoms with E-state index in [9.17, 15) is 9.59 Å². The lowest BCUT2D eigenvalue weighted by Crippen LogP contribution is -2.16. The van der Waals surface area contributed by atoms with Crippen molar-refractivity contribution in [2.24, 2.45) is 0 Å². The Morgan fingerprint density at radius 3 is 2.26 bits per heavy atom. The quantitative estimate of drug-likeness (QED) is 0.461. The minimum Gasteiger partial charge on any atom is -0.423 e. The van der Waals surface area contributed by atoms with Gasteiger partial charge in [-0.2, -0.15) is 0 Å². The molecule has 0 aliphatic carbocycles. The summed E-state index contributed by atoms with van der Waals surface area (Å²) in [5.74, 6) is -0.0191. The fourth-order valence-electron chi connectivity index (χ4n) is 1.94. The van der Waals surface area contributed by atoms with Crippen molar-refractivity contribution >= 4 is 24.2 Å². The maximum atomic E-state index is 12.1. The lowest BCUT2D eigenvalue weighted by atomic mass is 10.1. The average molecular weight is 334 g/mol. The minimum atomic E-state index is -0.432. The fourth-order valence-corrected chi connectivity index (χ4v) is 1.94. The molecular weight excluding hydrogens is 314 g/mol. The first-order valence-corrected chi connectivity index (χ1v) is 7.11. The third-order valence-corrected chi connectivity index (χ3v) is 3.16. The van der Waals surface area contributed by atoms with Crippen LogP contribution in [-0.2, 0) is 0 Å². The van der Waals surface area contributed by atoms with E-state index < -0.39 is 5.97 Å². The van der Waals surface area contributed by atoms with Crippen LogP contribution in [0, 0.1) is 0 Å². The highest BCUT2D eigenvalue weighted by molar-refractivity contribution is 5.97. The third kappa shape index (κ3) is 5.85. The normalized spacial score (nSPS) is 10.0. The monoisotopic (exact) mass is 333 g/mol. The number of hydrogen-bond donors (Lipinski definition) is 0. The Balaban J connectivity index is 0.00000264. The number of benzene rings is 2. The van der Waals surface area contributed by atoms with Crippen LogP contribution in [0.4, 0.5) is 0 Å². The van der Waals surface area contributed by atoms with E-state index in [4.69, 9.17) is 4.74 Å². The molecule has 0 atom stereocenters. The van der Waals surface area contributed by atoms with E-state index in [-0.39, 0.29) is 18.2 Å². The molecule has 0 saturated heterocycles. The summed E-state index contributed by atoms with van der Waals surface area (Å²) in [6.07, 6.45) is 0.434. The van der Waals surface area contributed by atoms with Crippen LogP contribution in [0.1, 0.15) is 27.1 Å². The summed E-state index contributed by atoms with van der Waals surface area (Å²) >= 11 is 0. The van der Waals surface area contributed by atoms with Gasteiger partial charge in [0.2, 0.25) is 0 Å². The molecule has 0 aliphatic rings. The Kier molecular flexibility index (Phi) is 7.45. The molecular formula is C18H20ClNO3. The minimum absolute atomic E-state index is 0. The Labute approximate surface area is 142 Å². The standard InChI is InChI=1S/C18H19NO3.ClH/c1-19(2)12-11-17(20)15-9-6-10-16(13-15)22-18(21)14-7-4-3-5-8-14;/h3-10,13H,11-12H2,1-2H3;1H. The molecule has 0 bridgehead atoms. The molecule has 2 aromatic carbocycles. The molecule has 2 aromatic rings. The van der Waals surface area contributed by atoms with Crippen molar-refractivity contribution in [3.63, 3.8) is 0 Å². The van der Waals surface area contributed by atoms with E-state index in [2.05, 4.69) is 0 Å². The molecule has 0 fully saturated rings.